The van der Waals surface area contributed by atoms with E-state index in [1.165, 1.54) is 11.1 Å². The second-order valence-corrected chi connectivity index (χ2v) is 4.26. The van der Waals surface area contributed by atoms with Gasteiger partial charge in [0, 0.05) is 5.92 Å². The summed E-state index contributed by atoms with van der Waals surface area (Å²) in [7, 11) is 0. The number of rotatable bonds is 1. The van der Waals surface area contributed by atoms with E-state index in [9.17, 15) is 4.79 Å². The lowest BCUT2D eigenvalue weighted by Crippen LogP contribution is -2.06. The maximum Gasteiger partial charge on any atom is 0.311 e. The van der Waals surface area contributed by atoms with Gasteiger partial charge in [0.25, 0.3) is 0 Å². The van der Waals surface area contributed by atoms with Crippen molar-refractivity contribution in [1.29, 1.82) is 0 Å². The Morgan fingerprint density at radius 1 is 1.36 bits per heavy atom. The average Bonchev–Trinajstić information content (AvgIpc) is 2.92. The first-order valence-corrected chi connectivity index (χ1v) is 5.10. The second kappa shape index (κ2) is 2.59. The van der Waals surface area contributed by atoms with Crippen molar-refractivity contribution in [2.75, 3.05) is 0 Å². The third-order valence-electron chi connectivity index (χ3n) is 3.55. The van der Waals surface area contributed by atoms with Crippen molar-refractivity contribution in [2.24, 2.45) is 17.8 Å². The Morgan fingerprint density at radius 2 is 2.21 bits per heavy atom. The van der Waals surface area contributed by atoms with Crippen molar-refractivity contribution < 1.29 is 9.90 Å². The third-order valence-corrected chi connectivity index (χ3v) is 3.55. The van der Waals surface area contributed by atoms with Gasteiger partial charge in [0.2, 0.25) is 0 Å². The smallest absolute Gasteiger partial charge is 0.311 e. The summed E-state index contributed by atoms with van der Waals surface area (Å²) in [4.78, 5) is 10.9. The molecular formula is C12H12O2. The fourth-order valence-electron chi connectivity index (χ4n) is 2.84. The lowest BCUT2D eigenvalue weighted by atomic mass is 9.85. The zero-order valence-electron chi connectivity index (χ0n) is 7.81. The van der Waals surface area contributed by atoms with Crippen LogP contribution in [0.4, 0.5) is 0 Å². The van der Waals surface area contributed by atoms with Crippen LogP contribution in [0.2, 0.25) is 0 Å². The molecule has 3 rings (SSSR count). The summed E-state index contributed by atoms with van der Waals surface area (Å²) in [6.07, 6.45) is 10.5. The number of carbonyl (C=O) groups is 1. The molecule has 0 radical (unpaired) electrons. The molecule has 0 aromatic carbocycles. The Bertz CT molecular complexity index is 387. The number of fused-ring (bicyclic) bond motifs is 2. The molecule has 2 heteroatoms. The van der Waals surface area contributed by atoms with E-state index >= 15 is 0 Å². The molecule has 72 valence electrons. The van der Waals surface area contributed by atoms with Crippen molar-refractivity contribution in [3.05, 3.63) is 35.5 Å². The van der Waals surface area contributed by atoms with Crippen LogP contribution < -0.4 is 0 Å². The van der Waals surface area contributed by atoms with E-state index in [0.717, 1.165) is 12.8 Å². The van der Waals surface area contributed by atoms with Gasteiger partial charge in [-0.15, -0.1) is 0 Å². The molecule has 3 aliphatic rings. The summed E-state index contributed by atoms with van der Waals surface area (Å²) in [6.45, 7) is 0. The van der Waals surface area contributed by atoms with Gasteiger partial charge >= 0.3 is 5.97 Å². The Balaban J connectivity index is 2.01. The minimum Gasteiger partial charge on any atom is -0.481 e. The average molecular weight is 188 g/mol. The van der Waals surface area contributed by atoms with Gasteiger partial charge in [-0.1, -0.05) is 24.3 Å². The molecule has 3 unspecified atom stereocenters. The summed E-state index contributed by atoms with van der Waals surface area (Å²) < 4.78 is 0. The van der Waals surface area contributed by atoms with Crippen molar-refractivity contribution in [2.45, 2.75) is 12.8 Å². The predicted octanol–water partition coefficient (Wildman–Crippen LogP) is 2.15. The van der Waals surface area contributed by atoms with Crippen molar-refractivity contribution in [3.8, 4) is 0 Å². The predicted molar refractivity (Wildman–Crippen MR) is 52.6 cm³/mol. The van der Waals surface area contributed by atoms with E-state index < -0.39 is 5.97 Å². The summed E-state index contributed by atoms with van der Waals surface area (Å²) in [5.41, 5.74) is 2.49. The summed E-state index contributed by atoms with van der Waals surface area (Å²) in [5, 5.41) is 9.00. The van der Waals surface area contributed by atoms with Gasteiger partial charge in [0.1, 0.15) is 0 Å². The minimum absolute atomic E-state index is 0.161. The standard InChI is InChI=1S/C12H12O2/c13-12(14)11-9-6-5-7-3-1-2-4-8(7)10(9)11/h1-4,7,9,11H,5-6H2,(H,13,14). The maximum absolute atomic E-state index is 10.9. The first-order valence-electron chi connectivity index (χ1n) is 5.10. The first-order chi connectivity index (χ1) is 6.79. The molecule has 0 amide bonds. The van der Waals surface area contributed by atoms with Gasteiger partial charge in [-0.3, -0.25) is 4.79 Å². The van der Waals surface area contributed by atoms with Crippen molar-refractivity contribution >= 4 is 5.97 Å². The van der Waals surface area contributed by atoms with Crippen LogP contribution in [0.5, 0.6) is 0 Å². The van der Waals surface area contributed by atoms with Crippen LogP contribution in [0.1, 0.15) is 12.8 Å². The number of carboxylic acids is 1. The summed E-state index contributed by atoms with van der Waals surface area (Å²) >= 11 is 0. The monoisotopic (exact) mass is 188 g/mol. The zero-order valence-corrected chi connectivity index (χ0v) is 7.81. The fraction of sp³-hybridized carbons (Fsp3) is 0.417. The molecular weight excluding hydrogens is 176 g/mol. The molecule has 2 nitrogen and oxygen atoms in total. The highest BCUT2D eigenvalue weighted by atomic mass is 16.4. The molecule has 3 atom stereocenters. The van der Waals surface area contributed by atoms with E-state index in [1.807, 2.05) is 6.08 Å². The fourth-order valence-corrected chi connectivity index (χ4v) is 2.84. The van der Waals surface area contributed by atoms with Gasteiger partial charge in [-0.25, -0.2) is 0 Å². The summed E-state index contributed by atoms with van der Waals surface area (Å²) in [5.74, 6) is 0.0535. The normalized spacial score (nSPS) is 37.9. The van der Waals surface area contributed by atoms with Gasteiger partial charge in [0.05, 0.1) is 5.92 Å². The van der Waals surface area contributed by atoms with Crippen LogP contribution in [0.25, 0.3) is 0 Å². The highest BCUT2D eigenvalue weighted by Gasteiger charge is 2.53. The van der Waals surface area contributed by atoms with Gasteiger partial charge in [-0.2, -0.15) is 0 Å². The topological polar surface area (TPSA) is 37.3 Å². The van der Waals surface area contributed by atoms with Gasteiger partial charge < -0.3 is 5.11 Å². The van der Waals surface area contributed by atoms with E-state index in [-0.39, 0.29) is 5.92 Å². The molecule has 1 fully saturated rings. The molecule has 14 heavy (non-hydrogen) atoms. The molecule has 0 aromatic heterocycles. The van der Waals surface area contributed by atoms with E-state index in [0.29, 0.717) is 11.8 Å². The quantitative estimate of drug-likeness (QED) is 0.684. The number of allylic oxidation sites excluding steroid dienone is 5. The highest BCUT2D eigenvalue weighted by molar-refractivity contribution is 5.82. The molecule has 0 saturated heterocycles. The molecule has 1 saturated carbocycles. The molecule has 0 bridgehead atoms. The second-order valence-electron chi connectivity index (χ2n) is 4.26. The summed E-state index contributed by atoms with van der Waals surface area (Å²) in [6, 6.07) is 0. The SMILES string of the molecule is O=C(O)C1C2=C3C=CC=CC3CCC21. The molecule has 0 spiro atoms. The van der Waals surface area contributed by atoms with Gasteiger partial charge in [0.15, 0.2) is 0 Å². The van der Waals surface area contributed by atoms with E-state index in [4.69, 9.17) is 5.11 Å². The number of aliphatic carboxylic acids is 1. The number of hydrogen-bond acceptors (Lipinski definition) is 1. The molecule has 3 aliphatic carbocycles. The Hall–Kier alpha value is -1.31. The largest absolute Gasteiger partial charge is 0.481 e. The van der Waals surface area contributed by atoms with Crippen LogP contribution in [0, 0.1) is 17.8 Å². The van der Waals surface area contributed by atoms with E-state index in [1.54, 1.807) is 0 Å². The number of carboxylic acid groups (broad SMARTS) is 1. The Morgan fingerprint density at radius 3 is 3.00 bits per heavy atom. The highest BCUT2D eigenvalue weighted by Crippen LogP contribution is 2.56. The molecule has 0 aliphatic heterocycles. The number of hydrogen-bond donors (Lipinski definition) is 1. The van der Waals surface area contributed by atoms with Crippen molar-refractivity contribution in [1.82, 2.24) is 0 Å². The van der Waals surface area contributed by atoms with Crippen LogP contribution in [0.15, 0.2) is 35.5 Å². The minimum atomic E-state index is -0.638. The van der Waals surface area contributed by atoms with Crippen LogP contribution in [0.3, 0.4) is 0 Å². The Kier molecular flexibility index (Phi) is 1.49. The lowest BCUT2D eigenvalue weighted by molar-refractivity contribution is -0.138. The maximum atomic E-state index is 10.9. The first kappa shape index (κ1) is 8.04. The third kappa shape index (κ3) is 0.939. The van der Waals surface area contributed by atoms with Gasteiger partial charge in [-0.05, 0) is 29.9 Å². The zero-order chi connectivity index (χ0) is 9.71. The van der Waals surface area contributed by atoms with Crippen LogP contribution in [-0.2, 0) is 4.79 Å². The molecule has 0 aromatic rings. The van der Waals surface area contributed by atoms with E-state index in [2.05, 4.69) is 18.2 Å². The molecule has 0 heterocycles. The Labute approximate surface area is 82.6 Å². The van der Waals surface area contributed by atoms with Crippen molar-refractivity contribution in [3.63, 3.8) is 0 Å². The molecule has 1 N–H and O–H groups in total. The lowest BCUT2D eigenvalue weighted by Gasteiger charge is -2.19. The van der Waals surface area contributed by atoms with Crippen LogP contribution >= 0.6 is 0 Å². The van der Waals surface area contributed by atoms with Crippen LogP contribution in [-0.4, -0.2) is 11.1 Å².